The van der Waals surface area contributed by atoms with Crippen molar-refractivity contribution >= 4 is 11.6 Å². The van der Waals surface area contributed by atoms with E-state index in [4.69, 9.17) is 5.73 Å². The average molecular weight is 206 g/mol. The number of aryl methyl sites for hydroxylation is 2. The van der Waals surface area contributed by atoms with Crippen LogP contribution in [0, 0.1) is 13.8 Å². The highest BCUT2D eigenvalue weighted by molar-refractivity contribution is 5.96. The largest absolute Gasteiger partial charge is 0.320 e. The van der Waals surface area contributed by atoms with Crippen molar-refractivity contribution in [1.29, 1.82) is 0 Å². The molecule has 0 aromatic heterocycles. The maximum Gasteiger partial charge on any atom is 0.243 e. The molecule has 0 spiro atoms. The van der Waals surface area contributed by atoms with Crippen molar-refractivity contribution in [3.8, 4) is 0 Å². The molecular weight excluding hydrogens is 188 g/mol. The van der Waals surface area contributed by atoms with E-state index in [0.29, 0.717) is 0 Å². The van der Waals surface area contributed by atoms with Crippen LogP contribution in [-0.4, -0.2) is 19.0 Å². The average Bonchev–Trinajstić information content (AvgIpc) is 2.13. The lowest BCUT2D eigenvalue weighted by Gasteiger charge is -2.20. The second-order valence-electron chi connectivity index (χ2n) is 4.03. The summed E-state index contributed by atoms with van der Waals surface area (Å²) in [5, 5.41) is 0. The summed E-state index contributed by atoms with van der Waals surface area (Å²) in [6, 6.07) is 5.57. The zero-order valence-electron chi connectivity index (χ0n) is 9.74. The first-order chi connectivity index (χ1) is 6.91. The zero-order chi connectivity index (χ0) is 11.6. The van der Waals surface area contributed by atoms with Crippen molar-refractivity contribution < 1.29 is 4.79 Å². The molecule has 82 valence electrons. The Morgan fingerprint density at radius 1 is 1.27 bits per heavy atom. The van der Waals surface area contributed by atoms with E-state index in [0.717, 1.165) is 16.8 Å². The van der Waals surface area contributed by atoms with Crippen molar-refractivity contribution in [2.75, 3.05) is 11.9 Å². The molecule has 0 bridgehead atoms. The van der Waals surface area contributed by atoms with Gasteiger partial charge in [0.1, 0.15) is 0 Å². The van der Waals surface area contributed by atoms with Crippen LogP contribution in [0.4, 0.5) is 5.69 Å². The summed E-state index contributed by atoms with van der Waals surface area (Å²) in [5.74, 6) is -0.0694. The van der Waals surface area contributed by atoms with Crippen LogP contribution < -0.4 is 10.6 Å². The Kier molecular flexibility index (Phi) is 3.48. The lowest BCUT2D eigenvalue weighted by atomic mass is 10.1. The Balaban J connectivity index is 3.00. The number of rotatable bonds is 2. The second kappa shape index (κ2) is 4.45. The number of nitrogens with zero attached hydrogens (tertiary/aromatic N) is 1. The number of likely N-dealkylation sites (N-methyl/N-ethyl adjacent to an activating group) is 1. The lowest BCUT2D eigenvalue weighted by molar-refractivity contribution is -0.119. The van der Waals surface area contributed by atoms with Gasteiger partial charge in [-0.2, -0.15) is 0 Å². The maximum absolute atomic E-state index is 11.7. The molecule has 0 aliphatic heterocycles. The molecule has 1 aromatic carbocycles. The highest BCUT2D eigenvalue weighted by Gasteiger charge is 2.15. The number of amides is 1. The summed E-state index contributed by atoms with van der Waals surface area (Å²) in [6.45, 7) is 5.73. The lowest BCUT2D eigenvalue weighted by Crippen LogP contribution is -2.39. The quantitative estimate of drug-likeness (QED) is 0.799. The third-order valence-corrected chi connectivity index (χ3v) is 2.31. The third-order valence-electron chi connectivity index (χ3n) is 2.31. The van der Waals surface area contributed by atoms with Gasteiger partial charge in [0, 0.05) is 12.7 Å². The van der Waals surface area contributed by atoms with Crippen LogP contribution in [0.3, 0.4) is 0 Å². The van der Waals surface area contributed by atoms with Gasteiger partial charge in [0.05, 0.1) is 6.04 Å². The second-order valence-corrected chi connectivity index (χ2v) is 4.03. The van der Waals surface area contributed by atoms with Gasteiger partial charge >= 0.3 is 0 Å². The maximum atomic E-state index is 11.7. The van der Waals surface area contributed by atoms with Gasteiger partial charge in [-0.3, -0.25) is 4.79 Å². The number of hydrogen-bond acceptors (Lipinski definition) is 2. The molecule has 15 heavy (non-hydrogen) atoms. The molecule has 0 fully saturated rings. The zero-order valence-corrected chi connectivity index (χ0v) is 9.74. The molecule has 1 aromatic rings. The highest BCUT2D eigenvalue weighted by atomic mass is 16.2. The summed E-state index contributed by atoms with van der Waals surface area (Å²) < 4.78 is 0. The van der Waals surface area contributed by atoms with Crippen molar-refractivity contribution in [2.24, 2.45) is 5.73 Å². The molecular formula is C12H18N2O. The SMILES string of the molecule is Cc1cc(C)cc(N(C)C(=O)C(C)N)c1. The minimum atomic E-state index is -0.462. The topological polar surface area (TPSA) is 46.3 Å². The summed E-state index contributed by atoms with van der Waals surface area (Å²) >= 11 is 0. The van der Waals surface area contributed by atoms with Gasteiger partial charge < -0.3 is 10.6 Å². The first-order valence-electron chi connectivity index (χ1n) is 5.03. The van der Waals surface area contributed by atoms with Gasteiger partial charge in [-0.25, -0.2) is 0 Å². The number of carbonyl (C=O) groups excluding carboxylic acids is 1. The Bertz CT molecular complexity index is 352. The predicted molar refractivity (Wildman–Crippen MR) is 63.0 cm³/mol. The van der Waals surface area contributed by atoms with Crippen molar-refractivity contribution in [2.45, 2.75) is 26.8 Å². The molecule has 0 aliphatic carbocycles. The Labute approximate surface area is 90.9 Å². The van der Waals surface area contributed by atoms with Crippen LogP contribution in [0.2, 0.25) is 0 Å². The van der Waals surface area contributed by atoms with E-state index < -0.39 is 6.04 Å². The first-order valence-corrected chi connectivity index (χ1v) is 5.03. The van der Waals surface area contributed by atoms with Crippen LogP contribution >= 0.6 is 0 Å². The third kappa shape index (κ3) is 2.80. The van der Waals surface area contributed by atoms with Gasteiger partial charge in [0.25, 0.3) is 0 Å². The fourth-order valence-electron chi connectivity index (χ4n) is 1.58. The van der Waals surface area contributed by atoms with Gasteiger partial charge in [-0.1, -0.05) is 6.07 Å². The van der Waals surface area contributed by atoms with Crippen LogP contribution in [0.15, 0.2) is 18.2 Å². The number of hydrogen-bond donors (Lipinski definition) is 1. The number of carbonyl (C=O) groups is 1. The Morgan fingerprint density at radius 2 is 1.73 bits per heavy atom. The minimum absolute atomic E-state index is 0.0694. The van der Waals surface area contributed by atoms with Crippen molar-refractivity contribution in [3.05, 3.63) is 29.3 Å². The van der Waals surface area contributed by atoms with Gasteiger partial charge in [-0.15, -0.1) is 0 Å². The van der Waals surface area contributed by atoms with Crippen molar-refractivity contribution in [1.82, 2.24) is 0 Å². The normalized spacial score (nSPS) is 12.3. The molecule has 0 saturated carbocycles. The molecule has 2 N–H and O–H groups in total. The van der Waals surface area contributed by atoms with E-state index in [9.17, 15) is 4.79 Å². The molecule has 0 aliphatic rings. The molecule has 0 saturated heterocycles. The van der Waals surface area contributed by atoms with Crippen LogP contribution in [0.25, 0.3) is 0 Å². The molecule has 1 unspecified atom stereocenters. The summed E-state index contributed by atoms with van der Waals surface area (Å²) in [4.78, 5) is 13.3. The predicted octanol–water partition coefficient (Wildman–Crippen LogP) is 1.61. The molecule has 1 atom stereocenters. The molecule has 3 heteroatoms. The van der Waals surface area contributed by atoms with E-state index >= 15 is 0 Å². The van der Waals surface area contributed by atoms with E-state index in [1.807, 2.05) is 26.0 Å². The summed E-state index contributed by atoms with van der Waals surface area (Å²) in [5.41, 5.74) is 8.75. The van der Waals surface area contributed by atoms with E-state index in [-0.39, 0.29) is 5.91 Å². The summed E-state index contributed by atoms with van der Waals surface area (Å²) in [6.07, 6.45) is 0. The standard InChI is InChI=1S/C12H18N2O/c1-8-5-9(2)7-11(6-8)14(4)12(15)10(3)13/h5-7,10H,13H2,1-4H3. The van der Waals surface area contributed by atoms with Crippen molar-refractivity contribution in [3.63, 3.8) is 0 Å². The first kappa shape index (κ1) is 11.7. The Hall–Kier alpha value is -1.35. The Morgan fingerprint density at radius 3 is 2.13 bits per heavy atom. The monoisotopic (exact) mass is 206 g/mol. The van der Waals surface area contributed by atoms with E-state index in [2.05, 4.69) is 6.07 Å². The number of benzene rings is 1. The van der Waals surface area contributed by atoms with Crippen LogP contribution in [0.1, 0.15) is 18.1 Å². The molecule has 0 radical (unpaired) electrons. The fraction of sp³-hybridized carbons (Fsp3) is 0.417. The van der Waals surface area contributed by atoms with Gasteiger partial charge in [0.2, 0.25) is 5.91 Å². The van der Waals surface area contributed by atoms with Crippen LogP contribution in [-0.2, 0) is 4.79 Å². The summed E-state index contributed by atoms with van der Waals surface area (Å²) in [7, 11) is 1.75. The molecule has 0 heterocycles. The number of anilines is 1. The van der Waals surface area contributed by atoms with Gasteiger partial charge in [-0.05, 0) is 44.0 Å². The molecule has 3 nitrogen and oxygen atoms in total. The fourth-order valence-corrected chi connectivity index (χ4v) is 1.58. The molecule has 1 amide bonds. The minimum Gasteiger partial charge on any atom is -0.320 e. The highest BCUT2D eigenvalue weighted by Crippen LogP contribution is 2.17. The van der Waals surface area contributed by atoms with E-state index in [1.54, 1.807) is 18.9 Å². The van der Waals surface area contributed by atoms with Gasteiger partial charge in [0.15, 0.2) is 0 Å². The number of nitrogens with two attached hydrogens (primary N) is 1. The molecule has 1 rings (SSSR count). The van der Waals surface area contributed by atoms with E-state index in [1.165, 1.54) is 0 Å². The smallest absolute Gasteiger partial charge is 0.243 e. The van der Waals surface area contributed by atoms with Crippen LogP contribution in [0.5, 0.6) is 0 Å².